The van der Waals surface area contributed by atoms with E-state index in [2.05, 4.69) is 57.5 Å². The fraction of sp³-hybridized carbons (Fsp3) is 0.708. The molecule has 2 aliphatic heterocycles. The summed E-state index contributed by atoms with van der Waals surface area (Å²) >= 11 is 0. The van der Waals surface area contributed by atoms with Crippen LogP contribution >= 0.6 is 0 Å². The first-order valence-corrected chi connectivity index (χ1v) is 33.3. The number of aliphatic hydroxyl groups excluding tert-OH is 1. The summed E-state index contributed by atoms with van der Waals surface area (Å²) in [6.45, 7) is 32.5. The van der Waals surface area contributed by atoms with Crippen LogP contribution in [0.15, 0.2) is 54.6 Å². The van der Waals surface area contributed by atoms with Crippen molar-refractivity contribution < 1.29 is 71.5 Å². The van der Waals surface area contributed by atoms with Gasteiger partial charge < -0.3 is 63.7 Å². The first-order valence-electron chi connectivity index (χ1n) is 31.1. The van der Waals surface area contributed by atoms with Gasteiger partial charge in [0.05, 0.1) is 18.6 Å². The molecule has 20 nitrogen and oxygen atoms in total. The number of methoxy groups -OCH3 is 1. The molecular formula is C65H105N5O15Si. The number of hydrogen-bond acceptors (Lipinski definition) is 15. The fourth-order valence-electron chi connectivity index (χ4n) is 12.2. The molecule has 0 aliphatic carbocycles. The van der Waals surface area contributed by atoms with Gasteiger partial charge in [-0.25, -0.2) is 14.4 Å². The maximum absolute atomic E-state index is 15.4. The largest absolute Gasteiger partial charge is 0.459 e. The molecule has 4 rings (SSSR count). The van der Waals surface area contributed by atoms with Gasteiger partial charge in [0.25, 0.3) is 0 Å². The second-order valence-electron chi connectivity index (χ2n) is 26.3. The number of ether oxygens (including phenoxy) is 6. The molecule has 2 aliphatic rings. The van der Waals surface area contributed by atoms with Crippen molar-refractivity contribution in [3.8, 4) is 0 Å². The number of nitrogens with zero attached hydrogens (tertiary/aromatic N) is 2. The van der Waals surface area contributed by atoms with Crippen molar-refractivity contribution in [1.82, 2.24) is 25.8 Å². The van der Waals surface area contributed by atoms with Crippen molar-refractivity contribution >= 4 is 50.2 Å². The Morgan fingerprint density at radius 2 is 1.35 bits per heavy atom. The quantitative estimate of drug-likeness (QED) is 0.0237. The van der Waals surface area contributed by atoms with Gasteiger partial charge in [-0.3, -0.25) is 19.2 Å². The number of aliphatic hydroxyl groups is 1. The number of alkyl carbamates (subject to hydrolysis) is 2. The number of esters is 2. The van der Waals surface area contributed by atoms with Crippen LogP contribution in [-0.2, 0) is 76.4 Å². The van der Waals surface area contributed by atoms with E-state index in [0.717, 1.165) is 16.7 Å². The highest BCUT2D eigenvalue weighted by atomic mass is 28.4. The third kappa shape index (κ3) is 20.2. The monoisotopic (exact) mass is 1220 g/mol. The number of hydrogen-bond donors (Lipinski definition) is 4. The summed E-state index contributed by atoms with van der Waals surface area (Å²) in [6, 6.07) is 10.9. The fourth-order valence-corrected chi connectivity index (χ4v) is 17.8. The summed E-state index contributed by atoms with van der Waals surface area (Å²) in [7, 11) is -1.38. The molecule has 1 fully saturated rings. The number of carbonyl (C=O) groups excluding carboxylic acids is 7. The Morgan fingerprint density at radius 1 is 0.733 bits per heavy atom. The van der Waals surface area contributed by atoms with Crippen LogP contribution in [0.5, 0.6) is 0 Å². The van der Waals surface area contributed by atoms with Crippen LogP contribution in [0.2, 0.25) is 16.6 Å². The average molecular weight is 1220 g/mol. The summed E-state index contributed by atoms with van der Waals surface area (Å²) in [4.78, 5) is 105. The minimum Gasteiger partial charge on any atom is -0.459 e. The Labute approximate surface area is 513 Å². The molecule has 0 radical (unpaired) electrons. The van der Waals surface area contributed by atoms with E-state index in [1.807, 2.05) is 96.1 Å². The van der Waals surface area contributed by atoms with E-state index in [9.17, 15) is 24.3 Å². The predicted molar refractivity (Wildman–Crippen MR) is 331 cm³/mol. The molecule has 2 aromatic carbocycles. The summed E-state index contributed by atoms with van der Waals surface area (Å²) < 4.78 is 42.6. The Hall–Kier alpha value is -5.61. The van der Waals surface area contributed by atoms with Crippen LogP contribution in [0.4, 0.5) is 9.59 Å². The summed E-state index contributed by atoms with van der Waals surface area (Å²) in [5, 5.41) is 18.9. The van der Waals surface area contributed by atoms with E-state index in [4.69, 9.17) is 32.8 Å². The number of amides is 5. The minimum absolute atomic E-state index is 0.00175. The maximum atomic E-state index is 15.4. The molecule has 2 aromatic rings. The Balaban J connectivity index is 1.74. The third-order valence-corrected chi connectivity index (χ3v) is 22.9. The van der Waals surface area contributed by atoms with Gasteiger partial charge in [0.2, 0.25) is 26.0 Å². The van der Waals surface area contributed by atoms with Gasteiger partial charge in [-0.15, -0.1) is 0 Å². The summed E-state index contributed by atoms with van der Waals surface area (Å²) in [6.07, 6.45) is -4.25. The molecule has 0 aromatic heterocycles. The molecule has 1 saturated heterocycles. The highest BCUT2D eigenvalue weighted by molar-refractivity contribution is 6.77. The number of carbonyl (C=O) groups is 7. The van der Waals surface area contributed by atoms with Crippen molar-refractivity contribution in [2.45, 2.75) is 246 Å². The van der Waals surface area contributed by atoms with Crippen LogP contribution < -0.4 is 16.0 Å². The molecule has 11 atom stereocenters. The van der Waals surface area contributed by atoms with Crippen molar-refractivity contribution in [3.05, 3.63) is 71.3 Å². The molecule has 0 spiro atoms. The molecule has 0 unspecified atom stereocenters. The van der Waals surface area contributed by atoms with Crippen LogP contribution in [0, 0.1) is 23.7 Å². The van der Waals surface area contributed by atoms with Gasteiger partial charge >= 0.3 is 24.1 Å². The molecule has 5 amide bonds. The molecule has 2 heterocycles. The molecule has 86 heavy (non-hydrogen) atoms. The average Bonchev–Trinajstić information content (AvgIpc) is 1.30. The van der Waals surface area contributed by atoms with Crippen LogP contribution in [0.1, 0.15) is 166 Å². The minimum atomic E-state index is -2.86. The molecular weight excluding hydrogens is 1120 g/mol. The second kappa shape index (κ2) is 33.7. The lowest BCUT2D eigenvalue weighted by atomic mass is 9.91. The van der Waals surface area contributed by atoms with Crippen LogP contribution in [0.3, 0.4) is 0 Å². The lowest BCUT2D eigenvalue weighted by Crippen LogP contribution is -2.62. The van der Waals surface area contributed by atoms with Gasteiger partial charge in [0.1, 0.15) is 61.5 Å². The molecule has 0 saturated carbocycles. The van der Waals surface area contributed by atoms with E-state index in [1.165, 1.54) is 23.8 Å². The number of benzene rings is 2. The lowest BCUT2D eigenvalue weighted by molar-refractivity contribution is -0.181. The molecule has 0 bridgehead atoms. The van der Waals surface area contributed by atoms with Gasteiger partial charge in [-0.05, 0) is 98.0 Å². The number of fused-ring (bicyclic) bond motifs is 1. The first-order chi connectivity index (χ1) is 40.4. The molecule has 4 N–H and O–H groups in total. The van der Waals surface area contributed by atoms with Gasteiger partial charge in [-0.2, -0.15) is 0 Å². The lowest BCUT2D eigenvalue weighted by Gasteiger charge is -2.47. The van der Waals surface area contributed by atoms with E-state index in [0.29, 0.717) is 19.3 Å². The number of rotatable bonds is 31. The summed E-state index contributed by atoms with van der Waals surface area (Å²) in [5.41, 5.74) is 1.56. The number of nitrogens with one attached hydrogen (secondary N) is 3. The highest BCUT2D eigenvalue weighted by Gasteiger charge is 2.50. The van der Waals surface area contributed by atoms with Crippen LogP contribution in [-0.4, -0.2) is 152 Å². The maximum Gasteiger partial charge on any atom is 0.408 e. The SMILES string of the molecule is CC[C@H](C)[C@@H](NC(=O)[C@@H](NC(=O)OC(C)(C)C)[C@@H](C)OC(=O)[C@@H]1Cc2ccccc2CN1C(=O)[C@@H]1CCCN1C(=O)[C@H](CC(C)C)NC(=O)OCc1ccccc1)[C@H](CC(=O)O[C@@H](C(C)C)[C@@H](OCOC)[C@H](C)CO)O[Si](C(C)C)(C(C)C)C(C)C. The van der Waals surface area contributed by atoms with Gasteiger partial charge in [-0.1, -0.05) is 151 Å². The highest BCUT2D eigenvalue weighted by Crippen LogP contribution is 2.44. The van der Waals surface area contributed by atoms with Crippen molar-refractivity contribution in [1.29, 1.82) is 0 Å². The van der Waals surface area contributed by atoms with Crippen molar-refractivity contribution in [3.63, 3.8) is 0 Å². The smallest absolute Gasteiger partial charge is 0.408 e. The zero-order valence-corrected chi connectivity index (χ0v) is 55.8. The van der Waals surface area contributed by atoms with Gasteiger partial charge in [0.15, 0.2) is 0 Å². The topological polar surface area (TPSA) is 247 Å². The van der Waals surface area contributed by atoms with E-state index in [-0.39, 0.29) is 86.7 Å². The van der Waals surface area contributed by atoms with E-state index in [1.54, 1.807) is 27.7 Å². The molecule has 21 heteroatoms. The van der Waals surface area contributed by atoms with Crippen molar-refractivity contribution in [2.24, 2.45) is 23.7 Å². The van der Waals surface area contributed by atoms with Gasteiger partial charge in [0, 0.05) is 39.1 Å². The molecule has 484 valence electrons. The first kappa shape index (κ1) is 72.9. The van der Waals surface area contributed by atoms with E-state index < -0.39 is 116 Å². The predicted octanol–water partition coefficient (Wildman–Crippen LogP) is 9.76. The normalized spacial score (nSPS) is 18.7. The van der Waals surface area contributed by atoms with E-state index >= 15 is 14.4 Å². The number of likely N-dealkylation sites (tertiary alicyclic amines) is 1. The zero-order valence-electron chi connectivity index (χ0n) is 54.8. The Morgan fingerprint density at radius 3 is 1.91 bits per heavy atom. The second-order valence-corrected chi connectivity index (χ2v) is 31.7. The third-order valence-electron chi connectivity index (χ3n) is 16.7. The Bertz CT molecular complexity index is 2490. The van der Waals surface area contributed by atoms with Crippen molar-refractivity contribution in [2.75, 3.05) is 27.1 Å². The summed E-state index contributed by atoms with van der Waals surface area (Å²) in [5.74, 6) is -4.17. The van der Waals surface area contributed by atoms with Crippen LogP contribution in [0.25, 0.3) is 0 Å². The zero-order chi connectivity index (χ0) is 64.4. The Kier molecular flexibility index (Phi) is 28.5. The standard InChI is InChI=1S/C65H105N5O15Si/c1-19-44(12)55(53(85-86(41(6)7,42(8)9)43(10)11)34-54(72)83-57(40(4)5)58(45(13)36-71)81-38-79-18)67-59(73)56(68-64(78)84-65(15,16)17)46(14)82-62(76)52-33-48-28-23-24-29-49(48)35-70(52)61(75)51-30-25-31-69(51)60(74)50(32-39(2)3)66-63(77)80-37-47-26-21-20-22-27-47/h20-24,26-29,39-46,50-53,55-58,71H,19,25,30-38H2,1-18H3,(H,66,77)(H,67,73)(H,68,78)/t44-,45+,46+,50-,51-,52-,53-,55+,56-,57-,58-/m0/s1.